The Hall–Kier alpha value is -7.39. The molecular formula is C63H81N11O9. The number of nitrogens with one attached hydrogen (secondary N) is 8. The van der Waals surface area contributed by atoms with Gasteiger partial charge in [0.2, 0.25) is 29.5 Å². The van der Waals surface area contributed by atoms with Crippen LogP contribution in [0.5, 0.6) is 5.75 Å². The molecule has 5 aromatic rings. The molecular weight excluding hydrogens is 1050 g/mol. The van der Waals surface area contributed by atoms with Gasteiger partial charge in [-0.25, -0.2) is 4.79 Å². The molecule has 0 radical (unpaired) electrons. The zero-order chi connectivity index (χ0) is 57.5. The molecule has 2 aromatic heterocycles. The molecule has 3 unspecified atom stereocenters. The second-order valence-corrected chi connectivity index (χ2v) is 23.1. The van der Waals surface area contributed by atoms with E-state index in [0.717, 1.165) is 77.7 Å². The van der Waals surface area contributed by atoms with Crippen molar-refractivity contribution >= 4 is 46.5 Å². The number of carbonyl (C=O) groups excluding carboxylic acids is 6. The Labute approximate surface area is 485 Å². The lowest BCUT2D eigenvalue weighted by Gasteiger charge is -2.31. The van der Waals surface area contributed by atoms with E-state index >= 15 is 24.0 Å². The first kappa shape index (κ1) is 58.8. The Morgan fingerprint density at radius 3 is 2.20 bits per heavy atom. The fourth-order valence-corrected chi connectivity index (χ4v) is 12.4. The number of epoxide rings is 1. The van der Waals surface area contributed by atoms with Gasteiger partial charge in [-0.1, -0.05) is 86.0 Å². The highest BCUT2D eigenvalue weighted by Gasteiger charge is 2.50. The standard InChI is InChI=1S/C63H81N11O9/c64-27-31-67-63(80)82-47-35-55-60(78)69-50(23-19-40-10-3-1-4-11-40)57(75)72-54(34-45-37-68-49-16-8-7-15-48(45)49)59(77)71-52(32-42-25-29-65-30-26-42)56-61(83-56)73-53(33-41-17-21-46(22-18-41)81-39-44-12-5-2-6-13-44)58(76)70-51(62(79)74(55)38-47)24-20-43-14-9-28-66-36-43/h1,3-4,7-11,14-18,21-22,28,36-37,42,44,47,50-56,61,65,68,73H,2,5-6,12-13,19-20,23-27,29-35,38-39,64H2,(H,67,80)(H,69,78)(H,70,76)(H,71,77)(H,72,75)/t47-,50-,51+,52?,53+,54-,55+,56?,61?/m1/s1. The van der Waals surface area contributed by atoms with Gasteiger partial charge in [0.05, 0.1) is 25.2 Å². The predicted octanol–water partition coefficient (Wildman–Crippen LogP) is 4.25. The van der Waals surface area contributed by atoms with Crippen molar-refractivity contribution in [2.24, 2.45) is 17.6 Å². The number of amides is 6. The van der Waals surface area contributed by atoms with Gasteiger partial charge in [-0.15, -0.1) is 0 Å². The molecule has 4 saturated heterocycles. The average molecular weight is 1140 g/mol. The van der Waals surface area contributed by atoms with E-state index in [0.29, 0.717) is 31.8 Å². The predicted molar refractivity (Wildman–Crippen MR) is 313 cm³/mol. The van der Waals surface area contributed by atoms with Gasteiger partial charge in [0, 0.05) is 55.4 Å². The summed E-state index contributed by atoms with van der Waals surface area (Å²) in [6, 6.07) is 22.5. The lowest BCUT2D eigenvalue weighted by atomic mass is 9.89. The minimum Gasteiger partial charge on any atom is -0.493 e. The monoisotopic (exact) mass is 1140 g/mol. The number of fused-ring (bicyclic) bond motifs is 3. The van der Waals surface area contributed by atoms with Crippen LogP contribution in [-0.2, 0) is 59.1 Å². The highest BCUT2D eigenvalue weighted by atomic mass is 16.6. The molecule has 83 heavy (non-hydrogen) atoms. The van der Waals surface area contributed by atoms with Crippen LogP contribution in [0.25, 0.3) is 10.9 Å². The van der Waals surface area contributed by atoms with Crippen molar-refractivity contribution in [2.45, 2.75) is 151 Å². The Morgan fingerprint density at radius 1 is 0.711 bits per heavy atom. The summed E-state index contributed by atoms with van der Waals surface area (Å²) in [5, 5.41) is 23.0. The van der Waals surface area contributed by atoms with E-state index in [1.165, 1.54) is 24.2 Å². The molecule has 0 spiro atoms. The molecule has 6 heterocycles. The number of aromatic nitrogens is 2. The first-order valence-corrected chi connectivity index (χ1v) is 30.0. The maximum atomic E-state index is 15.5. The molecule has 9 atom stereocenters. The van der Waals surface area contributed by atoms with Crippen molar-refractivity contribution < 1.29 is 43.0 Å². The number of aryl methyl sites for hydroxylation is 2. The van der Waals surface area contributed by atoms with Gasteiger partial charge in [0.15, 0.2) is 0 Å². The number of hydrogen-bond acceptors (Lipinski definition) is 13. The van der Waals surface area contributed by atoms with Crippen molar-refractivity contribution in [3.63, 3.8) is 0 Å². The summed E-state index contributed by atoms with van der Waals surface area (Å²) in [6.45, 7) is 2.42. The SMILES string of the molecule is NCCNC(=O)O[C@@H]1C[C@H]2C(=O)N[C@H](CCc3ccccc3)C(=O)N[C@H](Cc3c[nH]c4ccccc34)C(=O)NC(CC3CCNCC3)C3OC3N[C@@H](Cc3ccc(OCC4CCCCC4)cc3)C(=O)N[C@@H](CCc3cccnc3)C(=O)N2C1. The van der Waals surface area contributed by atoms with Crippen molar-refractivity contribution in [1.82, 2.24) is 52.1 Å². The summed E-state index contributed by atoms with van der Waals surface area (Å²) in [7, 11) is 0. The van der Waals surface area contributed by atoms with Crippen molar-refractivity contribution in [1.29, 1.82) is 0 Å². The normalized spacial score (nSPS) is 26.0. The number of pyridine rings is 1. The maximum Gasteiger partial charge on any atom is 0.407 e. The quantitative estimate of drug-likeness (QED) is 0.0556. The number of H-pyrrole nitrogens is 1. The fourth-order valence-electron chi connectivity index (χ4n) is 12.4. The number of hydrogen-bond donors (Lipinski definition) is 9. The molecule has 1 aliphatic carbocycles. The second-order valence-electron chi connectivity index (χ2n) is 23.1. The number of alkyl carbamates (subject to hydrolysis) is 1. The molecule has 10 N–H and O–H groups in total. The van der Waals surface area contributed by atoms with E-state index in [2.05, 4.69) is 47.2 Å². The summed E-state index contributed by atoms with van der Waals surface area (Å²) in [5.41, 5.74) is 9.93. The summed E-state index contributed by atoms with van der Waals surface area (Å²) >= 11 is 0. The first-order chi connectivity index (χ1) is 40.5. The lowest BCUT2D eigenvalue weighted by Crippen LogP contribution is -2.59. The first-order valence-electron chi connectivity index (χ1n) is 30.0. The van der Waals surface area contributed by atoms with E-state index in [9.17, 15) is 4.79 Å². The van der Waals surface area contributed by atoms with E-state index < -0.39 is 90.3 Å². The molecule has 4 aliphatic heterocycles. The lowest BCUT2D eigenvalue weighted by molar-refractivity contribution is -0.142. The molecule has 6 amide bonds. The third-order valence-electron chi connectivity index (χ3n) is 17.1. The summed E-state index contributed by atoms with van der Waals surface area (Å²) in [6.07, 6.45) is 11.8. The van der Waals surface area contributed by atoms with E-state index in [4.69, 9.17) is 19.9 Å². The number of carbonyl (C=O) groups is 6. The number of benzene rings is 3. The van der Waals surface area contributed by atoms with E-state index in [-0.39, 0.29) is 57.7 Å². The highest BCUT2D eigenvalue weighted by Crippen LogP contribution is 2.32. The molecule has 3 aromatic carbocycles. The van der Waals surface area contributed by atoms with Crippen LogP contribution in [0.3, 0.4) is 0 Å². The average Bonchev–Trinajstić information content (AvgIpc) is 4.23. The van der Waals surface area contributed by atoms with Crippen LogP contribution >= 0.6 is 0 Å². The van der Waals surface area contributed by atoms with Gasteiger partial charge in [-0.05, 0) is 136 Å². The number of para-hydroxylation sites is 1. The molecule has 10 rings (SSSR count). The Bertz CT molecular complexity index is 2950. The van der Waals surface area contributed by atoms with Gasteiger partial charge in [-0.3, -0.25) is 34.3 Å². The minimum absolute atomic E-state index is 0.109. The van der Waals surface area contributed by atoms with Gasteiger partial charge in [-0.2, -0.15) is 0 Å². The maximum absolute atomic E-state index is 15.5. The van der Waals surface area contributed by atoms with Gasteiger partial charge in [0.1, 0.15) is 48.4 Å². The van der Waals surface area contributed by atoms with E-state index in [1.54, 1.807) is 18.5 Å². The van der Waals surface area contributed by atoms with Crippen LogP contribution < -0.4 is 47.7 Å². The third-order valence-corrected chi connectivity index (χ3v) is 17.1. The number of aromatic amines is 1. The molecule has 442 valence electrons. The zero-order valence-corrected chi connectivity index (χ0v) is 47.2. The van der Waals surface area contributed by atoms with Gasteiger partial charge < -0.3 is 61.7 Å². The van der Waals surface area contributed by atoms with Crippen LogP contribution in [0.1, 0.15) is 92.9 Å². The van der Waals surface area contributed by atoms with Crippen LogP contribution in [0, 0.1) is 11.8 Å². The van der Waals surface area contributed by atoms with Crippen LogP contribution in [0.4, 0.5) is 4.79 Å². The highest BCUT2D eigenvalue weighted by molar-refractivity contribution is 5.97. The number of piperidine rings is 1. The summed E-state index contributed by atoms with van der Waals surface area (Å²) < 4.78 is 18.6. The Balaban J connectivity index is 1.01. The molecule has 5 aliphatic rings. The molecule has 5 fully saturated rings. The topological polar surface area (TPSA) is 276 Å². The Morgan fingerprint density at radius 2 is 1.42 bits per heavy atom. The molecule has 20 nitrogen and oxygen atoms in total. The fraction of sp³-hybridized carbons (Fsp3) is 0.508. The zero-order valence-electron chi connectivity index (χ0n) is 47.2. The number of ether oxygens (including phenoxy) is 3. The minimum atomic E-state index is -1.25. The van der Waals surface area contributed by atoms with Crippen LogP contribution in [0.15, 0.2) is 110 Å². The van der Waals surface area contributed by atoms with Gasteiger partial charge >= 0.3 is 6.09 Å². The largest absolute Gasteiger partial charge is 0.493 e. The third kappa shape index (κ3) is 16.2. The van der Waals surface area contributed by atoms with Gasteiger partial charge in [0.25, 0.3) is 0 Å². The molecule has 0 bridgehead atoms. The van der Waals surface area contributed by atoms with Crippen LogP contribution in [0.2, 0.25) is 0 Å². The van der Waals surface area contributed by atoms with Crippen molar-refractivity contribution in [3.8, 4) is 5.75 Å². The van der Waals surface area contributed by atoms with Crippen LogP contribution in [-0.4, -0.2) is 145 Å². The summed E-state index contributed by atoms with van der Waals surface area (Å²) in [5.74, 6) is -1.25. The number of rotatable bonds is 18. The van der Waals surface area contributed by atoms with Crippen molar-refractivity contribution in [3.05, 3.63) is 132 Å². The molecule has 20 heteroatoms. The van der Waals surface area contributed by atoms with E-state index in [1.807, 2.05) is 91.1 Å². The smallest absolute Gasteiger partial charge is 0.407 e. The van der Waals surface area contributed by atoms with Crippen molar-refractivity contribution in [2.75, 3.05) is 39.3 Å². The molecule has 1 saturated carbocycles. The summed E-state index contributed by atoms with van der Waals surface area (Å²) in [4.78, 5) is 98.3. The Kier molecular flexibility index (Phi) is 20.4. The second kappa shape index (κ2) is 28.7. The number of nitrogens with zero attached hydrogens (tertiary/aromatic N) is 2. The number of nitrogens with two attached hydrogens (primary N) is 1.